The molecule has 0 radical (unpaired) electrons. The summed E-state index contributed by atoms with van der Waals surface area (Å²) in [6.45, 7) is -0.669. The molecule has 10 heteroatoms. The van der Waals surface area contributed by atoms with E-state index in [0.717, 1.165) is 51.4 Å². The number of amides is 2. The van der Waals surface area contributed by atoms with Crippen LogP contribution in [0, 0.1) is 0 Å². The van der Waals surface area contributed by atoms with Gasteiger partial charge in [0.25, 0.3) is 11.8 Å². The molecule has 1 aromatic rings. The molecule has 1 saturated carbocycles. The zero-order chi connectivity index (χ0) is 23.1. The van der Waals surface area contributed by atoms with Gasteiger partial charge in [0, 0.05) is 31.6 Å². The van der Waals surface area contributed by atoms with Gasteiger partial charge in [0.15, 0.2) is 0 Å². The summed E-state index contributed by atoms with van der Waals surface area (Å²) in [7, 11) is 0. The van der Waals surface area contributed by atoms with Crippen molar-refractivity contribution in [1.29, 1.82) is 0 Å². The maximum Gasteiger partial charge on any atom is 0.405 e. The highest BCUT2D eigenvalue weighted by Crippen LogP contribution is 2.18. The zero-order valence-corrected chi connectivity index (χ0v) is 18.0. The van der Waals surface area contributed by atoms with E-state index in [1.807, 2.05) is 0 Å². The molecule has 1 aliphatic heterocycles. The number of nitrogens with zero attached hydrogens (tertiary/aromatic N) is 1. The van der Waals surface area contributed by atoms with Gasteiger partial charge in [-0.2, -0.15) is 13.2 Å². The number of rotatable bonds is 6. The van der Waals surface area contributed by atoms with Crippen molar-refractivity contribution in [1.82, 2.24) is 15.2 Å². The fourth-order valence-corrected chi connectivity index (χ4v) is 4.22. The Morgan fingerprint density at radius 3 is 2.19 bits per heavy atom. The van der Waals surface area contributed by atoms with Crippen molar-refractivity contribution >= 4 is 11.8 Å². The molecule has 7 nitrogen and oxygen atoms in total. The molecule has 1 aliphatic carbocycles. The predicted octanol–water partition coefficient (Wildman–Crippen LogP) is 3.16. The lowest BCUT2D eigenvalue weighted by molar-refractivity contribution is -0.123. The van der Waals surface area contributed by atoms with Crippen LogP contribution >= 0.6 is 0 Å². The summed E-state index contributed by atoms with van der Waals surface area (Å²) in [4.78, 5) is 38.2. The minimum atomic E-state index is -4.61. The largest absolute Gasteiger partial charge is 0.405 e. The van der Waals surface area contributed by atoms with Gasteiger partial charge in [0.1, 0.15) is 17.7 Å². The molecule has 0 spiro atoms. The second kappa shape index (κ2) is 11.0. The van der Waals surface area contributed by atoms with E-state index < -0.39 is 35.5 Å². The number of alkyl halides is 3. The van der Waals surface area contributed by atoms with Crippen LogP contribution in [0.15, 0.2) is 17.2 Å². The average molecular weight is 457 g/mol. The van der Waals surface area contributed by atoms with Crippen LogP contribution in [-0.4, -0.2) is 47.9 Å². The first kappa shape index (κ1) is 24.3. The number of hydrogen-bond acceptors (Lipinski definition) is 4. The third-order valence-electron chi connectivity index (χ3n) is 5.90. The lowest BCUT2D eigenvalue weighted by Gasteiger charge is -2.21. The second-order valence-corrected chi connectivity index (χ2v) is 8.56. The molecule has 32 heavy (non-hydrogen) atoms. The van der Waals surface area contributed by atoms with Crippen molar-refractivity contribution in [2.45, 2.75) is 82.7 Å². The van der Waals surface area contributed by atoms with Gasteiger partial charge in [0.05, 0.1) is 6.10 Å². The molecular formula is C22H30F3N3O4. The number of halogens is 3. The zero-order valence-electron chi connectivity index (χ0n) is 18.0. The Morgan fingerprint density at radius 2 is 1.59 bits per heavy atom. The maximum absolute atomic E-state index is 12.9. The van der Waals surface area contributed by atoms with E-state index in [4.69, 9.17) is 4.74 Å². The highest BCUT2D eigenvalue weighted by atomic mass is 19.4. The molecule has 178 valence electrons. The molecule has 2 fully saturated rings. The molecule has 1 atom stereocenters. The molecule has 2 N–H and O–H groups in total. The van der Waals surface area contributed by atoms with Crippen LogP contribution in [0.5, 0.6) is 0 Å². The normalized spacial score (nSPS) is 20.4. The minimum absolute atomic E-state index is 0.0727. The SMILES string of the molecule is O=C(NCC(F)(F)F)c1cn(C[C@H]2CCCO2)cc(C(=O)NC2CCCCCCC2)c1=O. The third kappa shape index (κ3) is 7.08. The molecule has 3 rings (SSSR count). The van der Waals surface area contributed by atoms with Crippen LogP contribution < -0.4 is 16.1 Å². The summed E-state index contributed by atoms with van der Waals surface area (Å²) < 4.78 is 44.7. The van der Waals surface area contributed by atoms with Crippen molar-refractivity contribution in [3.05, 3.63) is 33.7 Å². The van der Waals surface area contributed by atoms with Gasteiger partial charge in [-0.1, -0.05) is 32.1 Å². The summed E-state index contributed by atoms with van der Waals surface area (Å²) in [6, 6.07) is -0.0727. The molecular weight excluding hydrogens is 427 g/mol. The molecule has 1 aromatic heterocycles. The first-order valence-corrected chi connectivity index (χ1v) is 11.2. The monoisotopic (exact) mass is 457 g/mol. The van der Waals surface area contributed by atoms with Gasteiger partial charge in [-0.25, -0.2) is 0 Å². The van der Waals surface area contributed by atoms with Crippen LogP contribution in [0.3, 0.4) is 0 Å². The van der Waals surface area contributed by atoms with Crippen LogP contribution in [0.2, 0.25) is 0 Å². The number of carbonyl (C=O) groups excluding carboxylic acids is 2. The van der Waals surface area contributed by atoms with E-state index in [1.165, 1.54) is 23.4 Å². The molecule has 0 bridgehead atoms. The second-order valence-electron chi connectivity index (χ2n) is 8.56. The highest BCUT2D eigenvalue weighted by molar-refractivity contribution is 5.99. The van der Waals surface area contributed by atoms with Gasteiger partial charge in [-0.15, -0.1) is 0 Å². The summed E-state index contributed by atoms with van der Waals surface area (Å²) in [5, 5.41) is 4.61. The van der Waals surface area contributed by atoms with Gasteiger partial charge in [-0.3, -0.25) is 14.4 Å². The third-order valence-corrected chi connectivity index (χ3v) is 5.90. The lowest BCUT2D eigenvalue weighted by Crippen LogP contribution is -2.41. The quantitative estimate of drug-likeness (QED) is 0.687. The van der Waals surface area contributed by atoms with Crippen LogP contribution in [0.25, 0.3) is 0 Å². The Balaban J connectivity index is 1.84. The van der Waals surface area contributed by atoms with E-state index in [1.54, 1.807) is 5.32 Å². The molecule has 2 aliphatic rings. The Kier molecular flexibility index (Phi) is 8.33. The topological polar surface area (TPSA) is 89.4 Å². The minimum Gasteiger partial charge on any atom is -0.376 e. The molecule has 0 unspecified atom stereocenters. The number of carbonyl (C=O) groups is 2. The Morgan fingerprint density at radius 1 is 0.969 bits per heavy atom. The van der Waals surface area contributed by atoms with Gasteiger partial charge in [-0.05, 0) is 25.7 Å². The van der Waals surface area contributed by atoms with E-state index in [-0.39, 0.29) is 17.7 Å². The Bertz CT molecular complexity index is 855. The van der Waals surface area contributed by atoms with Crippen molar-refractivity contribution in [3.8, 4) is 0 Å². The predicted molar refractivity (Wildman–Crippen MR) is 112 cm³/mol. The first-order valence-electron chi connectivity index (χ1n) is 11.2. The summed E-state index contributed by atoms with van der Waals surface area (Å²) >= 11 is 0. The summed E-state index contributed by atoms with van der Waals surface area (Å²) in [5.74, 6) is -1.76. The Hall–Kier alpha value is -2.36. The number of pyridine rings is 1. The number of aromatic nitrogens is 1. The maximum atomic E-state index is 12.9. The van der Waals surface area contributed by atoms with Crippen molar-refractivity contribution in [2.24, 2.45) is 0 Å². The van der Waals surface area contributed by atoms with E-state index in [9.17, 15) is 27.6 Å². The smallest absolute Gasteiger partial charge is 0.376 e. The average Bonchev–Trinajstić information content (AvgIpc) is 3.21. The number of ether oxygens (including phenoxy) is 1. The van der Waals surface area contributed by atoms with Gasteiger partial charge in [0.2, 0.25) is 5.43 Å². The van der Waals surface area contributed by atoms with Crippen LogP contribution in [0.4, 0.5) is 13.2 Å². The van der Waals surface area contributed by atoms with E-state index in [2.05, 4.69) is 5.32 Å². The van der Waals surface area contributed by atoms with Crippen LogP contribution in [-0.2, 0) is 11.3 Å². The molecule has 0 aromatic carbocycles. The van der Waals surface area contributed by atoms with E-state index in [0.29, 0.717) is 13.2 Å². The van der Waals surface area contributed by atoms with Crippen molar-refractivity contribution in [2.75, 3.05) is 13.2 Å². The standard InChI is InChI=1S/C22H30F3N3O4/c23-22(24,25)14-26-20(30)17-12-28(11-16-9-6-10-32-16)13-18(19(17)29)21(31)27-15-7-4-2-1-3-5-8-15/h12-13,15-16H,1-11,14H2,(H,26,30)(H,27,31)/t16-/m1/s1. The number of hydrogen-bond donors (Lipinski definition) is 2. The fourth-order valence-electron chi connectivity index (χ4n) is 4.22. The number of nitrogens with one attached hydrogen (secondary N) is 2. The van der Waals surface area contributed by atoms with Gasteiger partial charge < -0.3 is 19.9 Å². The molecule has 2 heterocycles. The molecule has 2 amide bonds. The molecule has 1 saturated heterocycles. The lowest BCUT2D eigenvalue weighted by atomic mass is 9.96. The highest BCUT2D eigenvalue weighted by Gasteiger charge is 2.29. The van der Waals surface area contributed by atoms with Crippen molar-refractivity contribution < 1.29 is 27.5 Å². The Labute approximate surface area is 184 Å². The van der Waals surface area contributed by atoms with Crippen LogP contribution in [0.1, 0.15) is 78.5 Å². The fraction of sp³-hybridized carbons (Fsp3) is 0.682. The first-order chi connectivity index (χ1) is 15.2. The van der Waals surface area contributed by atoms with Crippen molar-refractivity contribution in [3.63, 3.8) is 0 Å². The van der Waals surface area contributed by atoms with E-state index >= 15 is 0 Å². The summed E-state index contributed by atoms with van der Waals surface area (Å²) in [5.41, 5.74) is -1.61. The summed E-state index contributed by atoms with van der Waals surface area (Å²) in [6.07, 6.45) is 6.39. The van der Waals surface area contributed by atoms with Gasteiger partial charge >= 0.3 is 6.18 Å².